The Balaban J connectivity index is 3.09. The molecule has 1 rings (SSSR count). The van der Waals surface area contributed by atoms with E-state index in [1.807, 2.05) is 0 Å². The molecular formula is C11H15NO5S. The second-order valence-corrected chi connectivity index (χ2v) is 5.71. The van der Waals surface area contributed by atoms with Crippen molar-refractivity contribution in [3.05, 3.63) is 24.3 Å². The fourth-order valence-electron chi connectivity index (χ4n) is 1.28. The molecule has 0 amide bonds. The van der Waals surface area contributed by atoms with Gasteiger partial charge in [-0.1, -0.05) is 0 Å². The van der Waals surface area contributed by atoms with Crippen molar-refractivity contribution in [1.82, 2.24) is 4.31 Å². The third kappa shape index (κ3) is 2.80. The molecule has 7 heteroatoms. The molecule has 0 radical (unpaired) electrons. The normalized spacial score (nSPS) is 13.3. The van der Waals surface area contributed by atoms with Crippen LogP contribution in [0.15, 0.2) is 29.2 Å². The average Bonchev–Trinajstić information content (AvgIpc) is 2.36. The van der Waals surface area contributed by atoms with Crippen LogP contribution >= 0.6 is 0 Å². The summed E-state index contributed by atoms with van der Waals surface area (Å²) in [4.78, 5) is 10.8. The zero-order chi connectivity index (χ0) is 13.9. The number of carboxylic acid groups (broad SMARTS) is 1. The van der Waals surface area contributed by atoms with E-state index in [9.17, 15) is 13.2 Å². The first-order chi connectivity index (χ1) is 8.30. The molecule has 0 aliphatic heterocycles. The van der Waals surface area contributed by atoms with Crippen LogP contribution in [0.3, 0.4) is 0 Å². The highest BCUT2D eigenvalue weighted by molar-refractivity contribution is 7.89. The van der Waals surface area contributed by atoms with Crippen molar-refractivity contribution < 1.29 is 23.1 Å². The number of ether oxygens (including phenoxy) is 1. The van der Waals surface area contributed by atoms with Crippen LogP contribution in [0.5, 0.6) is 5.75 Å². The third-order valence-electron chi connectivity index (χ3n) is 2.64. The molecule has 1 aromatic rings. The minimum atomic E-state index is -3.81. The lowest BCUT2D eigenvalue weighted by Gasteiger charge is -2.21. The molecule has 0 heterocycles. The van der Waals surface area contributed by atoms with Crippen LogP contribution < -0.4 is 4.74 Å². The molecule has 0 spiro atoms. The monoisotopic (exact) mass is 273 g/mol. The molecule has 6 nitrogen and oxygen atoms in total. The summed E-state index contributed by atoms with van der Waals surface area (Å²) in [5.74, 6) is -0.669. The standard InChI is InChI=1S/C11H15NO5S/c1-8(11(13)14)12(2)18(15,16)10-6-4-9(17-3)5-7-10/h4-8H,1-3H3,(H,13,14). The molecule has 0 aliphatic rings. The van der Waals surface area contributed by atoms with Crippen LogP contribution in [-0.4, -0.2) is 44.0 Å². The van der Waals surface area contributed by atoms with Gasteiger partial charge in [0.2, 0.25) is 10.0 Å². The van der Waals surface area contributed by atoms with E-state index >= 15 is 0 Å². The number of benzene rings is 1. The average molecular weight is 273 g/mol. The van der Waals surface area contributed by atoms with Crippen molar-refractivity contribution in [3.63, 3.8) is 0 Å². The summed E-state index contributed by atoms with van der Waals surface area (Å²) in [6, 6.07) is 4.63. The summed E-state index contributed by atoms with van der Waals surface area (Å²) in [6.07, 6.45) is 0. The number of sulfonamides is 1. The number of carbonyl (C=O) groups is 1. The molecule has 100 valence electrons. The largest absolute Gasteiger partial charge is 0.497 e. The Bertz CT molecular complexity index is 523. The maximum atomic E-state index is 12.1. The van der Waals surface area contributed by atoms with Crippen molar-refractivity contribution in [1.29, 1.82) is 0 Å². The van der Waals surface area contributed by atoms with Crippen molar-refractivity contribution >= 4 is 16.0 Å². The summed E-state index contributed by atoms with van der Waals surface area (Å²) in [5.41, 5.74) is 0. The summed E-state index contributed by atoms with van der Waals surface area (Å²) in [5, 5.41) is 8.82. The van der Waals surface area contributed by atoms with Gasteiger partial charge in [0.1, 0.15) is 11.8 Å². The molecule has 0 bridgehead atoms. The van der Waals surface area contributed by atoms with Gasteiger partial charge in [0.25, 0.3) is 0 Å². The molecule has 1 N–H and O–H groups in total. The Kier molecular flexibility index (Phi) is 4.31. The molecule has 0 aliphatic carbocycles. The first-order valence-corrected chi connectivity index (χ1v) is 6.59. The molecule has 18 heavy (non-hydrogen) atoms. The number of hydrogen-bond donors (Lipinski definition) is 1. The molecule has 0 aromatic heterocycles. The lowest BCUT2D eigenvalue weighted by molar-refractivity contribution is -0.140. The molecular weight excluding hydrogens is 258 g/mol. The number of hydrogen-bond acceptors (Lipinski definition) is 4. The molecule has 0 saturated heterocycles. The minimum Gasteiger partial charge on any atom is -0.497 e. The number of methoxy groups -OCH3 is 1. The lowest BCUT2D eigenvalue weighted by Crippen LogP contribution is -2.40. The van der Waals surface area contributed by atoms with Crippen molar-refractivity contribution in [2.75, 3.05) is 14.2 Å². The Morgan fingerprint density at radius 1 is 1.33 bits per heavy atom. The van der Waals surface area contributed by atoms with Gasteiger partial charge < -0.3 is 9.84 Å². The summed E-state index contributed by atoms with van der Waals surface area (Å²) in [6.45, 7) is 1.31. The number of aliphatic carboxylic acids is 1. The number of likely N-dealkylation sites (N-methyl/N-ethyl adjacent to an activating group) is 1. The van der Waals surface area contributed by atoms with Gasteiger partial charge in [0.05, 0.1) is 12.0 Å². The predicted octanol–water partition coefficient (Wildman–Crippen LogP) is 0.789. The first-order valence-electron chi connectivity index (χ1n) is 5.15. The van der Waals surface area contributed by atoms with Crippen molar-refractivity contribution in [3.8, 4) is 5.75 Å². The van der Waals surface area contributed by atoms with E-state index in [-0.39, 0.29) is 4.90 Å². The van der Waals surface area contributed by atoms with Crippen LogP contribution in [0.1, 0.15) is 6.92 Å². The summed E-state index contributed by atoms with van der Waals surface area (Å²) in [7, 11) is -1.10. The van der Waals surface area contributed by atoms with E-state index in [1.165, 1.54) is 45.3 Å². The quantitative estimate of drug-likeness (QED) is 0.857. The van der Waals surface area contributed by atoms with E-state index in [4.69, 9.17) is 9.84 Å². The SMILES string of the molecule is COc1ccc(S(=O)(=O)N(C)C(C)C(=O)O)cc1. The van der Waals surface area contributed by atoms with Crippen LogP contribution in [0, 0.1) is 0 Å². The lowest BCUT2D eigenvalue weighted by atomic mass is 10.3. The van der Waals surface area contributed by atoms with E-state index in [1.54, 1.807) is 0 Å². The molecule has 0 saturated carbocycles. The highest BCUT2D eigenvalue weighted by Crippen LogP contribution is 2.19. The van der Waals surface area contributed by atoms with Gasteiger partial charge in [-0.05, 0) is 31.2 Å². The van der Waals surface area contributed by atoms with Gasteiger partial charge in [0, 0.05) is 7.05 Å². The Hall–Kier alpha value is -1.60. The van der Waals surface area contributed by atoms with Gasteiger partial charge in [-0.25, -0.2) is 8.42 Å². The second kappa shape index (κ2) is 5.36. The third-order valence-corrected chi connectivity index (χ3v) is 4.58. The Labute approximate surface area is 106 Å². The van der Waals surface area contributed by atoms with Crippen LogP contribution in [-0.2, 0) is 14.8 Å². The zero-order valence-corrected chi connectivity index (χ0v) is 11.1. The van der Waals surface area contributed by atoms with E-state index in [2.05, 4.69) is 0 Å². The van der Waals surface area contributed by atoms with E-state index in [0.29, 0.717) is 5.75 Å². The second-order valence-electron chi connectivity index (χ2n) is 3.71. The maximum absolute atomic E-state index is 12.1. The van der Waals surface area contributed by atoms with Crippen LogP contribution in [0.2, 0.25) is 0 Å². The van der Waals surface area contributed by atoms with Gasteiger partial charge in [-0.3, -0.25) is 4.79 Å². The van der Waals surface area contributed by atoms with Gasteiger partial charge in [-0.15, -0.1) is 0 Å². The smallest absolute Gasteiger partial charge is 0.321 e. The molecule has 1 unspecified atom stereocenters. The Morgan fingerprint density at radius 2 is 1.83 bits per heavy atom. The number of nitrogens with zero attached hydrogens (tertiary/aromatic N) is 1. The highest BCUT2D eigenvalue weighted by Gasteiger charge is 2.29. The maximum Gasteiger partial charge on any atom is 0.321 e. The predicted molar refractivity (Wildman–Crippen MR) is 65.0 cm³/mol. The number of rotatable bonds is 5. The fourth-order valence-corrected chi connectivity index (χ4v) is 2.60. The number of carboxylic acids is 1. The molecule has 1 atom stereocenters. The van der Waals surface area contributed by atoms with E-state index in [0.717, 1.165) is 4.31 Å². The van der Waals surface area contributed by atoms with Crippen LogP contribution in [0.4, 0.5) is 0 Å². The fraction of sp³-hybridized carbons (Fsp3) is 0.364. The van der Waals surface area contributed by atoms with Gasteiger partial charge in [-0.2, -0.15) is 4.31 Å². The minimum absolute atomic E-state index is 0.0268. The van der Waals surface area contributed by atoms with Crippen molar-refractivity contribution in [2.24, 2.45) is 0 Å². The zero-order valence-electron chi connectivity index (χ0n) is 10.3. The highest BCUT2D eigenvalue weighted by atomic mass is 32.2. The first kappa shape index (κ1) is 14.5. The molecule has 0 fully saturated rings. The summed E-state index contributed by atoms with van der Waals surface area (Å²) >= 11 is 0. The van der Waals surface area contributed by atoms with Gasteiger partial charge >= 0.3 is 5.97 Å². The summed E-state index contributed by atoms with van der Waals surface area (Å²) < 4.78 is 29.9. The van der Waals surface area contributed by atoms with E-state index < -0.39 is 22.0 Å². The van der Waals surface area contributed by atoms with Gasteiger partial charge in [0.15, 0.2) is 0 Å². The van der Waals surface area contributed by atoms with Crippen LogP contribution in [0.25, 0.3) is 0 Å². The Morgan fingerprint density at radius 3 is 2.22 bits per heavy atom. The van der Waals surface area contributed by atoms with Crippen molar-refractivity contribution in [2.45, 2.75) is 17.9 Å². The molecule has 1 aromatic carbocycles. The topological polar surface area (TPSA) is 83.9 Å².